The number of aromatic nitrogens is 2. The Bertz CT molecular complexity index is 1810. The van der Waals surface area contributed by atoms with E-state index < -0.39 is 0 Å². The number of aromatic amines is 1. The van der Waals surface area contributed by atoms with Crippen LogP contribution in [0.1, 0.15) is 57.8 Å². The van der Waals surface area contributed by atoms with Crippen molar-refractivity contribution in [2.75, 3.05) is 78.3 Å². The van der Waals surface area contributed by atoms with E-state index in [2.05, 4.69) is 27.2 Å². The lowest BCUT2D eigenvalue weighted by molar-refractivity contribution is -0.132. The molecule has 0 radical (unpaired) electrons. The second-order valence-corrected chi connectivity index (χ2v) is 13.2. The highest BCUT2D eigenvalue weighted by Crippen LogP contribution is 2.32. The van der Waals surface area contributed by atoms with Crippen molar-refractivity contribution >= 4 is 40.1 Å². The predicted octanol–water partition coefficient (Wildman–Crippen LogP) is 5.18. The number of ether oxygens (including phenoxy) is 2. The number of likely N-dealkylation sites (N-methyl/N-ethyl adjacent to an activating group) is 1. The number of unbranched alkanes of at least 4 members (excludes halogenated alkanes) is 2. The lowest BCUT2D eigenvalue weighted by Gasteiger charge is -2.32. The summed E-state index contributed by atoms with van der Waals surface area (Å²) in [6.07, 6.45) is 3.06. The lowest BCUT2D eigenvalue weighted by atomic mass is 10.1. The molecule has 0 unspecified atom stereocenters. The zero-order chi connectivity index (χ0) is 35.8. The van der Waals surface area contributed by atoms with Crippen molar-refractivity contribution < 1.29 is 23.9 Å². The molecular formula is C38H49N7O5. The van der Waals surface area contributed by atoms with Crippen LogP contribution in [-0.2, 0) is 11.3 Å². The maximum Gasteiger partial charge on any atom is 0.258 e. The average Bonchev–Trinajstić information content (AvgIpc) is 3.51. The quantitative estimate of drug-likeness (QED) is 0.174. The third-order valence-electron chi connectivity index (χ3n) is 8.90. The second-order valence-electron chi connectivity index (χ2n) is 13.2. The summed E-state index contributed by atoms with van der Waals surface area (Å²) in [5.41, 5.74) is 4.27. The smallest absolute Gasteiger partial charge is 0.258 e. The van der Waals surface area contributed by atoms with Gasteiger partial charge in [-0.3, -0.25) is 14.4 Å². The molecule has 0 bridgehead atoms. The van der Waals surface area contributed by atoms with Crippen LogP contribution in [0.4, 0.5) is 11.4 Å². The van der Waals surface area contributed by atoms with Gasteiger partial charge in [0, 0.05) is 45.2 Å². The molecule has 0 spiro atoms. The summed E-state index contributed by atoms with van der Waals surface area (Å²) in [6, 6.07) is 16.1. The monoisotopic (exact) mass is 683 g/mol. The highest BCUT2D eigenvalue weighted by atomic mass is 16.5. The number of piperazine rings is 1. The normalized spacial score (nSPS) is 13.5. The van der Waals surface area contributed by atoms with E-state index in [1.165, 1.54) is 7.11 Å². The van der Waals surface area contributed by atoms with Gasteiger partial charge >= 0.3 is 0 Å². The van der Waals surface area contributed by atoms with Crippen LogP contribution >= 0.6 is 0 Å². The number of carbonyl (C=O) groups is 3. The Labute approximate surface area is 294 Å². The van der Waals surface area contributed by atoms with Gasteiger partial charge in [0.05, 0.1) is 42.7 Å². The molecule has 12 heteroatoms. The summed E-state index contributed by atoms with van der Waals surface area (Å²) in [5, 5.41) is 2.93. The first-order valence-electron chi connectivity index (χ1n) is 17.1. The molecule has 3 amide bonds. The average molecular weight is 684 g/mol. The number of nitrogens with one attached hydrogen (secondary N) is 2. The first kappa shape index (κ1) is 36.3. The Morgan fingerprint density at radius 1 is 0.940 bits per heavy atom. The predicted molar refractivity (Wildman–Crippen MR) is 196 cm³/mol. The lowest BCUT2D eigenvalue weighted by Crippen LogP contribution is -2.47. The number of nitrogens with zero attached hydrogens (tertiary/aromatic N) is 5. The molecule has 1 aromatic heterocycles. The van der Waals surface area contributed by atoms with Crippen LogP contribution in [0.25, 0.3) is 11.0 Å². The molecule has 12 nitrogen and oxygen atoms in total. The topological polar surface area (TPSA) is 123 Å². The maximum atomic E-state index is 13.7. The fraction of sp³-hybridized carbons (Fsp3) is 0.421. The van der Waals surface area contributed by atoms with Crippen molar-refractivity contribution in [2.45, 2.75) is 39.2 Å². The number of fused-ring (bicyclic) bond motifs is 1. The first-order valence-corrected chi connectivity index (χ1v) is 17.1. The van der Waals surface area contributed by atoms with E-state index in [-0.39, 0.29) is 17.7 Å². The molecule has 1 aliphatic heterocycles. The molecule has 1 saturated heterocycles. The molecule has 5 rings (SSSR count). The highest BCUT2D eigenvalue weighted by molar-refractivity contribution is 6.12. The van der Waals surface area contributed by atoms with E-state index >= 15 is 0 Å². The number of aryl methyl sites for hydroxylation is 1. The van der Waals surface area contributed by atoms with Gasteiger partial charge in [-0.2, -0.15) is 0 Å². The summed E-state index contributed by atoms with van der Waals surface area (Å²) < 4.78 is 11.8. The molecule has 2 heterocycles. The van der Waals surface area contributed by atoms with Crippen molar-refractivity contribution in [2.24, 2.45) is 0 Å². The Kier molecular flexibility index (Phi) is 12.1. The SMILES string of the molecule is COc1cc(C(=O)N(C)c2ccc(C)cc2OCCCCCC(=O)N2CCN(C)CC2)ccc1NC(=O)c1cccc2[nH]c(CN(C)C)nc12. The number of anilines is 2. The largest absolute Gasteiger partial charge is 0.495 e. The first-order chi connectivity index (χ1) is 24.0. The van der Waals surface area contributed by atoms with Gasteiger partial charge in [0.2, 0.25) is 5.91 Å². The third kappa shape index (κ3) is 8.99. The zero-order valence-electron chi connectivity index (χ0n) is 30.0. The van der Waals surface area contributed by atoms with Crippen LogP contribution in [0.5, 0.6) is 11.5 Å². The number of amides is 3. The molecule has 3 aromatic carbocycles. The zero-order valence-corrected chi connectivity index (χ0v) is 30.0. The number of hydrogen-bond acceptors (Lipinski definition) is 8. The highest BCUT2D eigenvalue weighted by Gasteiger charge is 2.22. The molecule has 0 atom stereocenters. The maximum absolute atomic E-state index is 13.7. The van der Waals surface area contributed by atoms with E-state index in [1.54, 1.807) is 36.2 Å². The fourth-order valence-electron chi connectivity index (χ4n) is 6.03. The van der Waals surface area contributed by atoms with Gasteiger partial charge in [0.1, 0.15) is 22.8 Å². The number of hydrogen-bond donors (Lipinski definition) is 2. The molecule has 2 N–H and O–H groups in total. The van der Waals surface area contributed by atoms with Gasteiger partial charge in [0.15, 0.2) is 0 Å². The Morgan fingerprint density at radius 3 is 2.46 bits per heavy atom. The number of carbonyl (C=O) groups excluding carboxylic acids is 3. The number of imidazole rings is 1. The van der Waals surface area contributed by atoms with E-state index in [9.17, 15) is 14.4 Å². The van der Waals surface area contributed by atoms with Crippen LogP contribution in [0.3, 0.4) is 0 Å². The number of H-pyrrole nitrogens is 1. The molecule has 1 fully saturated rings. The molecule has 266 valence electrons. The van der Waals surface area contributed by atoms with Gasteiger partial charge in [-0.25, -0.2) is 4.98 Å². The van der Waals surface area contributed by atoms with Gasteiger partial charge in [-0.1, -0.05) is 12.1 Å². The number of rotatable bonds is 14. The number of methoxy groups -OCH3 is 1. The van der Waals surface area contributed by atoms with Gasteiger partial charge in [-0.15, -0.1) is 0 Å². The van der Waals surface area contributed by atoms with Crippen LogP contribution in [0, 0.1) is 6.92 Å². The minimum absolute atomic E-state index is 0.230. The third-order valence-corrected chi connectivity index (χ3v) is 8.90. The van der Waals surface area contributed by atoms with E-state index in [0.717, 1.165) is 62.3 Å². The summed E-state index contributed by atoms with van der Waals surface area (Å²) in [5.74, 6) is 1.37. The number of para-hydroxylation sites is 1. The van der Waals surface area contributed by atoms with E-state index in [4.69, 9.17) is 9.47 Å². The van der Waals surface area contributed by atoms with Crippen LogP contribution in [0.2, 0.25) is 0 Å². The Hall–Kier alpha value is -4.94. The number of benzene rings is 3. The summed E-state index contributed by atoms with van der Waals surface area (Å²) in [6.45, 7) is 6.53. The van der Waals surface area contributed by atoms with Crippen molar-refractivity contribution in [3.63, 3.8) is 0 Å². The minimum atomic E-state index is -0.337. The van der Waals surface area contributed by atoms with Crippen LogP contribution in [0.15, 0.2) is 54.6 Å². The van der Waals surface area contributed by atoms with Crippen LogP contribution < -0.4 is 19.7 Å². The van der Waals surface area contributed by atoms with Crippen molar-refractivity contribution in [1.82, 2.24) is 24.7 Å². The Balaban J connectivity index is 1.20. The standard InChI is InChI=1S/C38H49N7O5/c1-26-14-17-31(33(23-26)50-22-9-7-8-13-35(46)45-20-18-43(4)19-21-45)44(5)38(48)27-15-16-29(32(24-27)49-6)40-37(47)28-11-10-12-30-36(28)41-34(39-30)25-42(2)3/h10-12,14-17,23-24H,7-9,13,18-22,25H2,1-6H3,(H,39,41)(H,40,47). The molecule has 0 saturated carbocycles. The summed E-state index contributed by atoms with van der Waals surface area (Å²) >= 11 is 0. The Morgan fingerprint density at radius 2 is 1.72 bits per heavy atom. The molecule has 50 heavy (non-hydrogen) atoms. The van der Waals surface area contributed by atoms with E-state index in [0.29, 0.717) is 59.1 Å². The fourth-order valence-corrected chi connectivity index (χ4v) is 6.03. The van der Waals surface area contributed by atoms with Gasteiger partial charge < -0.3 is 39.4 Å². The van der Waals surface area contributed by atoms with Crippen molar-refractivity contribution in [3.8, 4) is 11.5 Å². The second kappa shape index (κ2) is 16.6. The van der Waals surface area contributed by atoms with Gasteiger partial charge in [-0.05, 0) is 95.4 Å². The van der Waals surface area contributed by atoms with Crippen molar-refractivity contribution in [1.29, 1.82) is 0 Å². The summed E-state index contributed by atoms with van der Waals surface area (Å²) in [4.78, 5) is 55.4. The molecule has 1 aliphatic rings. The summed E-state index contributed by atoms with van der Waals surface area (Å²) in [7, 11) is 9.20. The van der Waals surface area contributed by atoms with Gasteiger partial charge in [0.25, 0.3) is 11.8 Å². The molecule has 0 aliphatic carbocycles. The molecule has 4 aromatic rings. The van der Waals surface area contributed by atoms with Crippen LogP contribution in [-0.4, -0.2) is 110 Å². The molecular weight excluding hydrogens is 634 g/mol. The van der Waals surface area contributed by atoms with E-state index in [1.807, 2.05) is 61.2 Å². The minimum Gasteiger partial charge on any atom is -0.495 e. The van der Waals surface area contributed by atoms with Crippen molar-refractivity contribution in [3.05, 3.63) is 77.1 Å².